The van der Waals surface area contributed by atoms with Crippen molar-refractivity contribution in [2.45, 2.75) is 0 Å². The first kappa shape index (κ1) is 11.8. The minimum Gasteiger partial charge on any atom is -0.619 e. The number of hydrogen-bond acceptors (Lipinski definition) is 3. The first-order valence-electron chi connectivity index (χ1n) is 5.33. The molecule has 2 aromatic rings. The van der Waals surface area contributed by atoms with Crippen molar-refractivity contribution in [3.63, 3.8) is 0 Å². The normalized spacial score (nSPS) is 10.4. The van der Waals surface area contributed by atoms with Crippen molar-refractivity contribution in [1.82, 2.24) is 5.43 Å². The minimum atomic E-state index is -0.424. The molecule has 0 spiro atoms. The Morgan fingerprint density at radius 2 is 2.00 bits per heavy atom. The first-order chi connectivity index (χ1) is 8.75. The van der Waals surface area contributed by atoms with Gasteiger partial charge in [-0.3, -0.25) is 4.79 Å². The lowest BCUT2D eigenvalue weighted by Crippen LogP contribution is -2.28. The molecule has 1 aromatic carbocycles. The molecule has 0 aliphatic rings. The van der Waals surface area contributed by atoms with Gasteiger partial charge in [0.05, 0.1) is 6.21 Å². The Hall–Kier alpha value is -2.69. The first-order valence-corrected chi connectivity index (χ1v) is 5.33. The van der Waals surface area contributed by atoms with E-state index in [1.54, 1.807) is 6.07 Å². The highest BCUT2D eigenvalue weighted by atomic mass is 16.5. The summed E-state index contributed by atoms with van der Waals surface area (Å²) in [5, 5.41) is 14.8. The standard InChI is InChI=1S/C13H11N3O2/c17-13(12-7-4-8-16(18)10-12)15-14-9-11-5-2-1-3-6-11/h1-10H,(H,15,17)/b14-9-. The zero-order chi connectivity index (χ0) is 12.8. The van der Waals surface area contributed by atoms with E-state index in [1.165, 1.54) is 24.7 Å². The maximum atomic E-state index is 11.6. The van der Waals surface area contributed by atoms with E-state index in [0.717, 1.165) is 5.56 Å². The lowest BCUT2D eigenvalue weighted by atomic mass is 10.2. The molecule has 18 heavy (non-hydrogen) atoms. The summed E-state index contributed by atoms with van der Waals surface area (Å²) in [5.74, 6) is -0.424. The Morgan fingerprint density at radius 3 is 2.72 bits per heavy atom. The van der Waals surface area contributed by atoms with Gasteiger partial charge in [0.2, 0.25) is 0 Å². The molecule has 0 aliphatic heterocycles. The third-order valence-corrected chi connectivity index (χ3v) is 2.22. The molecular weight excluding hydrogens is 230 g/mol. The molecule has 5 heteroatoms. The maximum absolute atomic E-state index is 11.6. The average molecular weight is 241 g/mol. The number of pyridine rings is 1. The second kappa shape index (κ2) is 5.58. The number of carbonyl (C=O) groups is 1. The van der Waals surface area contributed by atoms with Gasteiger partial charge in [0.25, 0.3) is 5.91 Å². The van der Waals surface area contributed by atoms with Crippen LogP contribution in [0.1, 0.15) is 15.9 Å². The van der Waals surface area contributed by atoms with E-state index in [-0.39, 0.29) is 5.56 Å². The van der Waals surface area contributed by atoms with Crippen LogP contribution in [0.15, 0.2) is 60.0 Å². The van der Waals surface area contributed by atoms with E-state index in [4.69, 9.17) is 0 Å². The van der Waals surface area contributed by atoms with Gasteiger partial charge in [0, 0.05) is 6.07 Å². The summed E-state index contributed by atoms with van der Waals surface area (Å²) in [6, 6.07) is 12.4. The Morgan fingerprint density at radius 1 is 1.22 bits per heavy atom. The predicted molar refractivity (Wildman–Crippen MR) is 66.9 cm³/mol. The van der Waals surface area contributed by atoms with E-state index >= 15 is 0 Å². The van der Waals surface area contributed by atoms with Gasteiger partial charge in [0.15, 0.2) is 12.4 Å². The Labute approximate surface area is 104 Å². The second-order valence-corrected chi connectivity index (χ2v) is 3.56. The fourth-order valence-electron chi connectivity index (χ4n) is 1.36. The summed E-state index contributed by atoms with van der Waals surface area (Å²) in [6.45, 7) is 0. The summed E-state index contributed by atoms with van der Waals surface area (Å²) >= 11 is 0. The number of aromatic nitrogens is 1. The average Bonchev–Trinajstić information content (AvgIpc) is 2.40. The smallest absolute Gasteiger partial charge is 0.277 e. The Bertz CT molecular complexity index is 567. The van der Waals surface area contributed by atoms with E-state index in [2.05, 4.69) is 10.5 Å². The highest BCUT2D eigenvalue weighted by Gasteiger charge is 2.06. The number of nitrogens with zero attached hydrogens (tertiary/aromatic N) is 2. The highest BCUT2D eigenvalue weighted by molar-refractivity contribution is 5.94. The van der Waals surface area contributed by atoms with Crippen molar-refractivity contribution in [2.75, 3.05) is 0 Å². The van der Waals surface area contributed by atoms with Crippen LogP contribution < -0.4 is 10.2 Å². The van der Waals surface area contributed by atoms with Gasteiger partial charge >= 0.3 is 0 Å². The van der Waals surface area contributed by atoms with Crippen LogP contribution >= 0.6 is 0 Å². The third-order valence-electron chi connectivity index (χ3n) is 2.22. The summed E-state index contributed by atoms with van der Waals surface area (Å²) < 4.78 is 0.565. The molecule has 1 aromatic heterocycles. The molecule has 1 heterocycles. The van der Waals surface area contributed by atoms with Crippen LogP contribution in [0.4, 0.5) is 0 Å². The third kappa shape index (κ3) is 3.15. The van der Waals surface area contributed by atoms with Gasteiger partial charge in [-0.2, -0.15) is 9.83 Å². The molecule has 5 nitrogen and oxygen atoms in total. The molecule has 0 aliphatic carbocycles. The molecule has 0 radical (unpaired) electrons. The lowest BCUT2D eigenvalue weighted by molar-refractivity contribution is -0.605. The Balaban J connectivity index is 1.99. The van der Waals surface area contributed by atoms with Crippen molar-refractivity contribution in [3.8, 4) is 0 Å². The fourth-order valence-corrected chi connectivity index (χ4v) is 1.36. The number of benzene rings is 1. The molecule has 0 bridgehead atoms. The number of rotatable bonds is 3. The number of nitrogens with one attached hydrogen (secondary N) is 1. The second-order valence-electron chi connectivity index (χ2n) is 3.56. The van der Waals surface area contributed by atoms with E-state index < -0.39 is 5.91 Å². The molecule has 0 saturated carbocycles. The summed E-state index contributed by atoms with van der Waals surface area (Å²) in [5.41, 5.74) is 3.49. The van der Waals surface area contributed by atoms with Crippen molar-refractivity contribution < 1.29 is 9.52 Å². The summed E-state index contributed by atoms with van der Waals surface area (Å²) in [7, 11) is 0. The van der Waals surface area contributed by atoms with Gasteiger partial charge < -0.3 is 5.21 Å². The zero-order valence-electron chi connectivity index (χ0n) is 9.48. The maximum Gasteiger partial charge on any atom is 0.277 e. The van der Waals surface area contributed by atoms with Crippen molar-refractivity contribution in [2.24, 2.45) is 5.10 Å². The molecule has 0 saturated heterocycles. The van der Waals surface area contributed by atoms with Crippen molar-refractivity contribution in [1.29, 1.82) is 0 Å². The lowest BCUT2D eigenvalue weighted by Gasteiger charge is -1.99. The minimum absolute atomic E-state index is 0.262. The number of hydrazone groups is 1. The van der Waals surface area contributed by atoms with E-state index in [0.29, 0.717) is 4.73 Å². The quantitative estimate of drug-likeness (QED) is 0.378. The van der Waals surface area contributed by atoms with Crippen LogP contribution in [0.25, 0.3) is 0 Å². The fraction of sp³-hybridized carbons (Fsp3) is 0. The number of carbonyl (C=O) groups excluding carboxylic acids is 1. The molecular formula is C13H11N3O2. The number of amides is 1. The Kier molecular flexibility index (Phi) is 3.66. The molecule has 0 atom stereocenters. The van der Waals surface area contributed by atoms with Crippen LogP contribution in [0.3, 0.4) is 0 Å². The van der Waals surface area contributed by atoms with Gasteiger partial charge in [-0.1, -0.05) is 30.3 Å². The van der Waals surface area contributed by atoms with Crippen molar-refractivity contribution in [3.05, 3.63) is 71.2 Å². The van der Waals surface area contributed by atoms with Gasteiger partial charge in [0.1, 0.15) is 5.56 Å². The molecule has 0 unspecified atom stereocenters. The molecule has 0 fully saturated rings. The van der Waals surface area contributed by atoms with Gasteiger partial charge in [-0.05, 0) is 11.6 Å². The summed E-state index contributed by atoms with van der Waals surface area (Å²) in [6.07, 6.45) is 4.03. The molecule has 2 rings (SSSR count). The number of hydrogen-bond donors (Lipinski definition) is 1. The van der Waals surface area contributed by atoms with Crippen LogP contribution in [-0.4, -0.2) is 12.1 Å². The summed E-state index contributed by atoms with van der Waals surface area (Å²) in [4.78, 5) is 11.6. The van der Waals surface area contributed by atoms with Crippen LogP contribution in [0, 0.1) is 5.21 Å². The van der Waals surface area contributed by atoms with Crippen molar-refractivity contribution >= 4 is 12.1 Å². The predicted octanol–water partition coefficient (Wildman–Crippen LogP) is 1.08. The van der Waals surface area contributed by atoms with Crippen LogP contribution in [-0.2, 0) is 0 Å². The SMILES string of the molecule is O=C(N/N=C\c1ccccc1)c1ccc[n+]([O-])c1. The molecule has 1 N–H and O–H groups in total. The van der Waals surface area contributed by atoms with Gasteiger partial charge in [-0.25, -0.2) is 5.43 Å². The molecule has 1 amide bonds. The topological polar surface area (TPSA) is 68.4 Å². The van der Waals surface area contributed by atoms with Crippen LogP contribution in [0.2, 0.25) is 0 Å². The van der Waals surface area contributed by atoms with Gasteiger partial charge in [-0.15, -0.1) is 0 Å². The largest absolute Gasteiger partial charge is 0.619 e. The highest BCUT2D eigenvalue weighted by Crippen LogP contribution is 1.95. The van der Waals surface area contributed by atoms with Crippen LogP contribution in [0.5, 0.6) is 0 Å². The molecule has 90 valence electrons. The monoisotopic (exact) mass is 241 g/mol. The van der Waals surface area contributed by atoms with E-state index in [1.807, 2.05) is 30.3 Å². The van der Waals surface area contributed by atoms with E-state index in [9.17, 15) is 10.0 Å². The zero-order valence-corrected chi connectivity index (χ0v) is 9.48.